The van der Waals surface area contributed by atoms with Gasteiger partial charge in [-0.3, -0.25) is 4.98 Å². The number of aromatic nitrogens is 1. The fraction of sp³-hybridized carbons (Fsp3) is 0.250. The largest absolute Gasteiger partial charge is 0.467 e. The Labute approximate surface area is 89.1 Å². The summed E-state index contributed by atoms with van der Waals surface area (Å²) in [4.78, 5) is 4.11. The Kier molecular flexibility index (Phi) is 2.72. The van der Waals surface area contributed by atoms with Crippen molar-refractivity contribution in [2.75, 3.05) is 5.32 Å². The van der Waals surface area contributed by atoms with Crippen LogP contribution in [0.2, 0.25) is 0 Å². The molecule has 2 rings (SSSR count). The highest BCUT2D eigenvalue weighted by atomic mass is 16.3. The number of hydrogen-bond acceptors (Lipinski definition) is 3. The van der Waals surface area contributed by atoms with Crippen LogP contribution in [0.15, 0.2) is 35.2 Å². The molecule has 0 saturated heterocycles. The van der Waals surface area contributed by atoms with Gasteiger partial charge >= 0.3 is 0 Å². The minimum Gasteiger partial charge on any atom is -0.467 e. The first-order valence-electron chi connectivity index (χ1n) is 4.94. The molecule has 0 unspecified atom stereocenters. The highest BCUT2D eigenvalue weighted by Gasteiger charge is 2.01. The second-order valence-electron chi connectivity index (χ2n) is 3.63. The van der Waals surface area contributed by atoms with Crippen molar-refractivity contribution in [3.05, 3.63) is 47.7 Å². The number of nitrogens with zero attached hydrogens (tertiary/aromatic N) is 1. The predicted octanol–water partition coefficient (Wildman–Crippen LogP) is 2.90. The van der Waals surface area contributed by atoms with Crippen molar-refractivity contribution in [3.63, 3.8) is 0 Å². The Balaban J connectivity index is 2.02. The number of anilines is 1. The molecule has 3 nitrogen and oxygen atoms in total. The van der Waals surface area contributed by atoms with E-state index < -0.39 is 0 Å². The Morgan fingerprint density at radius 1 is 1.33 bits per heavy atom. The molecule has 0 radical (unpaired) electrons. The first kappa shape index (κ1) is 9.77. The molecule has 0 spiro atoms. The lowest BCUT2D eigenvalue weighted by Crippen LogP contribution is -2.00. The Bertz CT molecular complexity index is 448. The fourth-order valence-electron chi connectivity index (χ4n) is 1.42. The maximum atomic E-state index is 5.33. The number of hydrogen-bond donors (Lipinski definition) is 1. The topological polar surface area (TPSA) is 38.1 Å². The minimum atomic E-state index is 0.698. The molecule has 3 heteroatoms. The molecule has 0 fully saturated rings. The van der Waals surface area contributed by atoms with E-state index in [9.17, 15) is 0 Å². The van der Waals surface area contributed by atoms with E-state index in [4.69, 9.17) is 4.42 Å². The van der Waals surface area contributed by atoms with Crippen LogP contribution in [0.25, 0.3) is 0 Å². The summed E-state index contributed by atoms with van der Waals surface area (Å²) in [6, 6.07) is 4.02. The van der Waals surface area contributed by atoms with Crippen LogP contribution in [0.4, 0.5) is 5.69 Å². The highest BCUT2D eigenvalue weighted by molar-refractivity contribution is 5.42. The van der Waals surface area contributed by atoms with Gasteiger partial charge in [-0.05, 0) is 37.1 Å². The molecule has 15 heavy (non-hydrogen) atoms. The Hall–Kier alpha value is -1.77. The molecule has 2 aromatic heterocycles. The molecular weight excluding hydrogens is 188 g/mol. The van der Waals surface area contributed by atoms with E-state index in [0.717, 1.165) is 17.0 Å². The van der Waals surface area contributed by atoms with Gasteiger partial charge in [0.2, 0.25) is 0 Å². The van der Waals surface area contributed by atoms with E-state index in [2.05, 4.69) is 16.4 Å². The molecule has 0 aliphatic heterocycles. The molecule has 0 bridgehead atoms. The van der Waals surface area contributed by atoms with Crippen molar-refractivity contribution in [2.45, 2.75) is 20.4 Å². The van der Waals surface area contributed by atoms with Gasteiger partial charge in [-0.2, -0.15) is 0 Å². The first-order chi connectivity index (χ1) is 7.25. The number of nitrogens with one attached hydrogen (secondary N) is 1. The standard InChI is InChI=1S/C12H14N2O/c1-9-5-11(7-13-6-9)14-8-12-10(2)3-4-15-12/h3-7,14H,8H2,1-2H3. The minimum absolute atomic E-state index is 0.698. The second-order valence-corrected chi connectivity index (χ2v) is 3.63. The lowest BCUT2D eigenvalue weighted by Gasteiger charge is -2.05. The highest BCUT2D eigenvalue weighted by Crippen LogP contribution is 2.12. The van der Waals surface area contributed by atoms with E-state index in [1.807, 2.05) is 32.3 Å². The molecule has 0 atom stereocenters. The molecular formula is C12H14N2O. The summed E-state index contributed by atoms with van der Waals surface area (Å²) in [6.45, 7) is 4.76. The zero-order valence-electron chi connectivity index (χ0n) is 8.95. The number of furan rings is 1. The number of rotatable bonds is 3. The quantitative estimate of drug-likeness (QED) is 0.831. The summed E-state index contributed by atoms with van der Waals surface area (Å²) in [5.74, 6) is 0.969. The van der Waals surface area contributed by atoms with Crippen molar-refractivity contribution in [1.82, 2.24) is 4.98 Å². The van der Waals surface area contributed by atoms with Crippen molar-refractivity contribution in [2.24, 2.45) is 0 Å². The molecule has 0 amide bonds. The fourth-order valence-corrected chi connectivity index (χ4v) is 1.42. The molecule has 1 N–H and O–H groups in total. The van der Waals surface area contributed by atoms with E-state index in [-0.39, 0.29) is 0 Å². The van der Waals surface area contributed by atoms with Crippen LogP contribution in [0.3, 0.4) is 0 Å². The number of pyridine rings is 1. The zero-order chi connectivity index (χ0) is 10.7. The summed E-state index contributed by atoms with van der Waals surface area (Å²) in [6.07, 6.45) is 5.36. The normalized spacial score (nSPS) is 10.3. The lowest BCUT2D eigenvalue weighted by atomic mass is 10.2. The Morgan fingerprint density at radius 3 is 2.87 bits per heavy atom. The van der Waals surface area contributed by atoms with Crippen LogP contribution in [0.1, 0.15) is 16.9 Å². The smallest absolute Gasteiger partial charge is 0.125 e. The van der Waals surface area contributed by atoms with Gasteiger partial charge in [-0.15, -0.1) is 0 Å². The molecule has 0 saturated carbocycles. The SMILES string of the molecule is Cc1cncc(NCc2occc2C)c1. The van der Waals surface area contributed by atoms with E-state index >= 15 is 0 Å². The monoisotopic (exact) mass is 202 g/mol. The molecule has 0 aromatic carbocycles. The van der Waals surface area contributed by atoms with Crippen LogP contribution in [-0.2, 0) is 6.54 Å². The summed E-state index contributed by atoms with van der Waals surface area (Å²) < 4.78 is 5.33. The van der Waals surface area contributed by atoms with Gasteiger partial charge in [0.05, 0.1) is 18.5 Å². The second kappa shape index (κ2) is 4.17. The van der Waals surface area contributed by atoms with Crippen LogP contribution in [0.5, 0.6) is 0 Å². The Morgan fingerprint density at radius 2 is 2.20 bits per heavy atom. The van der Waals surface area contributed by atoms with E-state index in [0.29, 0.717) is 6.54 Å². The molecule has 0 aliphatic carbocycles. The average molecular weight is 202 g/mol. The van der Waals surface area contributed by atoms with Crippen LogP contribution < -0.4 is 5.32 Å². The predicted molar refractivity (Wildman–Crippen MR) is 59.7 cm³/mol. The van der Waals surface area contributed by atoms with Crippen molar-refractivity contribution in [1.29, 1.82) is 0 Å². The lowest BCUT2D eigenvalue weighted by molar-refractivity contribution is 0.515. The van der Waals surface area contributed by atoms with Gasteiger partial charge in [0.15, 0.2) is 0 Å². The maximum Gasteiger partial charge on any atom is 0.125 e. The molecule has 2 aromatic rings. The van der Waals surface area contributed by atoms with Gasteiger partial charge in [0.1, 0.15) is 5.76 Å². The maximum absolute atomic E-state index is 5.33. The van der Waals surface area contributed by atoms with Crippen molar-refractivity contribution < 1.29 is 4.42 Å². The summed E-state index contributed by atoms with van der Waals surface area (Å²) in [7, 11) is 0. The third-order valence-corrected chi connectivity index (χ3v) is 2.30. The number of aryl methyl sites for hydroxylation is 2. The van der Waals surface area contributed by atoms with E-state index in [1.165, 1.54) is 5.56 Å². The van der Waals surface area contributed by atoms with Gasteiger partial charge < -0.3 is 9.73 Å². The molecule has 0 aliphatic rings. The van der Waals surface area contributed by atoms with Gasteiger partial charge in [0.25, 0.3) is 0 Å². The van der Waals surface area contributed by atoms with E-state index in [1.54, 1.807) is 6.26 Å². The van der Waals surface area contributed by atoms with Gasteiger partial charge in [-0.1, -0.05) is 0 Å². The third-order valence-electron chi connectivity index (χ3n) is 2.30. The van der Waals surface area contributed by atoms with Crippen molar-refractivity contribution >= 4 is 5.69 Å². The summed E-state index contributed by atoms with van der Waals surface area (Å²) in [5.41, 5.74) is 3.34. The first-order valence-corrected chi connectivity index (χ1v) is 4.94. The molecule has 2 heterocycles. The summed E-state index contributed by atoms with van der Waals surface area (Å²) >= 11 is 0. The van der Waals surface area contributed by atoms with Gasteiger partial charge in [-0.25, -0.2) is 0 Å². The van der Waals surface area contributed by atoms with Gasteiger partial charge in [0, 0.05) is 12.4 Å². The summed E-state index contributed by atoms with van der Waals surface area (Å²) in [5, 5.41) is 3.27. The molecule has 78 valence electrons. The third kappa shape index (κ3) is 2.37. The average Bonchev–Trinajstić information content (AvgIpc) is 2.61. The van der Waals surface area contributed by atoms with Crippen LogP contribution in [-0.4, -0.2) is 4.98 Å². The zero-order valence-corrected chi connectivity index (χ0v) is 8.95. The van der Waals surface area contributed by atoms with Crippen LogP contribution in [0, 0.1) is 13.8 Å². The van der Waals surface area contributed by atoms with Crippen molar-refractivity contribution in [3.8, 4) is 0 Å². The van der Waals surface area contributed by atoms with Crippen LogP contribution >= 0.6 is 0 Å².